The lowest BCUT2D eigenvalue weighted by molar-refractivity contribution is -0.146. The van der Waals surface area contributed by atoms with Crippen molar-refractivity contribution in [3.8, 4) is 0 Å². The van der Waals surface area contributed by atoms with Gasteiger partial charge >= 0.3 is 11.8 Å². The summed E-state index contributed by atoms with van der Waals surface area (Å²) >= 11 is 6.59. The van der Waals surface area contributed by atoms with E-state index in [1.54, 1.807) is 6.92 Å². The molecule has 0 radical (unpaired) electrons. The van der Waals surface area contributed by atoms with Crippen molar-refractivity contribution < 1.29 is 33.5 Å². The number of benzene rings is 1. The minimum Gasteiger partial charge on any atom is -0.396 e. The predicted molar refractivity (Wildman–Crippen MR) is 144 cm³/mol. The van der Waals surface area contributed by atoms with E-state index < -0.39 is 52.2 Å². The van der Waals surface area contributed by atoms with Gasteiger partial charge in [0.15, 0.2) is 6.04 Å². The molecule has 4 amide bonds. The molecule has 0 aromatic heterocycles. The van der Waals surface area contributed by atoms with E-state index in [9.17, 15) is 33.5 Å². The largest absolute Gasteiger partial charge is 0.396 e. The number of aliphatic imine (C=N–C) groups is 1. The third-order valence-electron chi connectivity index (χ3n) is 7.77. The highest BCUT2D eigenvalue weighted by Crippen LogP contribution is 2.47. The van der Waals surface area contributed by atoms with Gasteiger partial charge in [-0.15, -0.1) is 0 Å². The van der Waals surface area contributed by atoms with Gasteiger partial charge in [-0.2, -0.15) is 0 Å². The third kappa shape index (κ3) is 5.13. The Kier molecular flexibility index (Phi) is 8.03. The predicted octanol–water partition coefficient (Wildman–Crippen LogP) is 0.963. The number of halogens is 3. The molecule has 1 aromatic rings. The average Bonchev–Trinajstić information content (AvgIpc) is 3.12. The Morgan fingerprint density at radius 1 is 1.21 bits per heavy atom. The molecule has 3 heterocycles. The summed E-state index contributed by atoms with van der Waals surface area (Å²) in [5, 5.41) is 15.5. The summed E-state index contributed by atoms with van der Waals surface area (Å²) in [4.78, 5) is 71.5. The van der Waals surface area contributed by atoms with E-state index in [1.165, 1.54) is 20.2 Å². The molecule has 4 aliphatic rings. The van der Waals surface area contributed by atoms with Crippen LogP contribution in [0.4, 0.5) is 4.39 Å². The number of amidine groups is 1. The van der Waals surface area contributed by atoms with Crippen LogP contribution in [0, 0.1) is 18.2 Å². The molecule has 1 saturated carbocycles. The van der Waals surface area contributed by atoms with Crippen LogP contribution in [-0.2, 0) is 30.5 Å². The van der Waals surface area contributed by atoms with E-state index in [4.69, 9.17) is 0 Å². The normalized spacial score (nSPS) is 26.0. The summed E-state index contributed by atoms with van der Waals surface area (Å²) in [5.41, 5.74) is -1.14. The lowest BCUT2D eigenvalue weighted by atomic mass is 9.69. The number of ketones is 1. The van der Waals surface area contributed by atoms with Gasteiger partial charge in [-0.05, 0) is 44.2 Å². The lowest BCUT2D eigenvalue weighted by Crippen LogP contribution is -2.65. The van der Waals surface area contributed by atoms with Gasteiger partial charge < -0.3 is 20.6 Å². The summed E-state index contributed by atoms with van der Waals surface area (Å²) in [6.45, 7) is 1.22. The van der Waals surface area contributed by atoms with E-state index >= 15 is 0 Å². The number of nitrogens with zero attached hydrogens (tertiary/aromatic N) is 3. The Morgan fingerprint density at radius 2 is 1.85 bits per heavy atom. The number of Topliss-reactive ketones (excluding diaryl/α,β-unsaturated/α-hetero) is 1. The average molecular weight is 673 g/mol. The topological polar surface area (TPSA) is 148 Å². The molecule has 1 atom stereocenters. The number of hydrogen-bond acceptors (Lipinski definition) is 7. The van der Waals surface area contributed by atoms with E-state index in [1.807, 2.05) is 0 Å². The van der Waals surface area contributed by atoms with Gasteiger partial charge in [-0.3, -0.25) is 28.9 Å². The molecule has 1 aliphatic carbocycles. The first-order chi connectivity index (χ1) is 18.3. The van der Waals surface area contributed by atoms with Crippen LogP contribution in [-0.4, -0.2) is 89.0 Å². The van der Waals surface area contributed by atoms with Gasteiger partial charge in [0.05, 0.1) is 12.1 Å². The van der Waals surface area contributed by atoms with Crippen molar-refractivity contribution in [2.45, 2.75) is 50.7 Å². The standard InChI is InChI=1S/C25H28Br2FN5O6/c1-12-15(28)8-14(26)13(16(12)27)9-29-19(36)17-18(35)21(38)33-10-24(11-34)4-6-25(7-5-24,23(33)30-17)31-20(37)22(39)32(2)3/h8,17,34H,4-7,9-11H2,1-3H3,(H,29,36)(H,31,37). The number of likely N-dealkylation sites (N-methyl/N-ethyl adjacent to an activating group) is 1. The molecule has 3 aliphatic heterocycles. The molecule has 3 fully saturated rings. The summed E-state index contributed by atoms with van der Waals surface area (Å²) in [7, 11) is 2.85. The second-order valence-electron chi connectivity index (χ2n) is 10.5. The first-order valence-corrected chi connectivity index (χ1v) is 13.8. The van der Waals surface area contributed by atoms with Crippen LogP contribution in [0.1, 0.15) is 36.8 Å². The van der Waals surface area contributed by atoms with Gasteiger partial charge in [-0.25, -0.2) is 9.38 Å². The highest BCUT2D eigenvalue weighted by Gasteiger charge is 2.57. The molecule has 210 valence electrons. The summed E-state index contributed by atoms with van der Waals surface area (Å²) in [5.74, 6) is -5.01. The van der Waals surface area contributed by atoms with Gasteiger partial charge in [0.1, 0.15) is 11.7 Å². The second kappa shape index (κ2) is 10.7. The van der Waals surface area contributed by atoms with Crippen molar-refractivity contribution in [2.75, 3.05) is 27.2 Å². The number of amides is 4. The number of aliphatic hydroxyl groups excluding tert-OH is 1. The van der Waals surface area contributed by atoms with Gasteiger partial charge in [-0.1, -0.05) is 31.9 Å². The highest BCUT2D eigenvalue weighted by molar-refractivity contribution is 9.11. The molecule has 14 heteroatoms. The number of carbonyl (C=O) groups excluding carboxylic acids is 5. The quantitative estimate of drug-likeness (QED) is 0.314. The summed E-state index contributed by atoms with van der Waals surface area (Å²) in [6, 6.07) is -0.460. The maximum Gasteiger partial charge on any atom is 0.311 e. The zero-order valence-electron chi connectivity index (χ0n) is 21.6. The van der Waals surface area contributed by atoms with Gasteiger partial charge in [0, 0.05) is 47.1 Å². The fraction of sp³-hybridized carbons (Fsp3) is 0.520. The molecule has 5 rings (SSSR count). The fourth-order valence-corrected chi connectivity index (χ4v) is 6.62. The third-order valence-corrected chi connectivity index (χ3v) is 9.55. The van der Waals surface area contributed by atoms with E-state index in [0.29, 0.717) is 32.9 Å². The summed E-state index contributed by atoms with van der Waals surface area (Å²) < 4.78 is 14.8. The molecule has 39 heavy (non-hydrogen) atoms. The maximum absolute atomic E-state index is 14.0. The van der Waals surface area contributed by atoms with Crippen LogP contribution in [0.25, 0.3) is 0 Å². The van der Waals surface area contributed by atoms with Crippen LogP contribution in [0.3, 0.4) is 0 Å². The molecule has 1 unspecified atom stereocenters. The Labute approximate surface area is 240 Å². The molecule has 3 N–H and O–H groups in total. The number of fused-ring (bicyclic) bond motifs is 2. The minimum atomic E-state index is -1.72. The number of hydrogen-bond donors (Lipinski definition) is 3. The minimum absolute atomic E-state index is 0.00472. The number of nitrogens with one attached hydrogen (secondary N) is 2. The summed E-state index contributed by atoms with van der Waals surface area (Å²) in [6.07, 6.45) is 1.30. The Balaban J connectivity index is 1.69. The Hall–Kier alpha value is -2.71. The maximum atomic E-state index is 14.0. The van der Waals surface area contributed by atoms with Crippen molar-refractivity contribution in [1.82, 2.24) is 20.4 Å². The number of aliphatic hydroxyl groups is 1. The van der Waals surface area contributed by atoms with Crippen LogP contribution in [0.2, 0.25) is 0 Å². The van der Waals surface area contributed by atoms with Crippen molar-refractivity contribution in [3.05, 3.63) is 32.0 Å². The second-order valence-corrected chi connectivity index (χ2v) is 12.1. The van der Waals surface area contributed by atoms with Crippen LogP contribution >= 0.6 is 31.9 Å². The van der Waals surface area contributed by atoms with Crippen LogP contribution < -0.4 is 10.6 Å². The molecule has 0 spiro atoms. The van der Waals surface area contributed by atoms with E-state index in [-0.39, 0.29) is 38.4 Å². The zero-order valence-corrected chi connectivity index (χ0v) is 24.7. The molecule has 2 bridgehead atoms. The number of carbonyl (C=O) groups is 5. The van der Waals surface area contributed by atoms with Gasteiger partial charge in [0.25, 0.3) is 17.6 Å². The first kappa shape index (κ1) is 29.3. The SMILES string of the molecule is Cc1c(F)cc(Br)c(CNC(=O)C2N=C3N(CC4(CO)CCC3(NC(=O)C(=O)N(C)C)CC4)C(=O)C2=O)c1Br. The smallest absolute Gasteiger partial charge is 0.311 e. The lowest BCUT2D eigenvalue weighted by Gasteiger charge is -2.42. The molecular formula is C25H28Br2FN5O6. The van der Waals surface area contributed by atoms with Crippen molar-refractivity contribution in [1.29, 1.82) is 0 Å². The van der Waals surface area contributed by atoms with Gasteiger partial charge in [0.2, 0.25) is 0 Å². The van der Waals surface area contributed by atoms with Crippen molar-refractivity contribution in [2.24, 2.45) is 10.4 Å². The Morgan fingerprint density at radius 3 is 2.44 bits per heavy atom. The monoisotopic (exact) mass is 671 g/mol. The zero-order chi connectivity index (χ0) is 28.9. The van der Waals surface area contributed by atoms with Crippen molar-refractivity contribution in [3.63, 3.8) is 0 Å². The van der Waals surface area contributed by atoms with Crippen molar-refractivity contribution >= 4 is 67.1 Å². The van der Waals surface area contributed by atoms with E-state index in [2.05, 4.69) is 47.5 Å². The Bertz CT molecular complexity index is 1310. The van der Waals surface area contributed by atoms with Crippen LogP contribution in [0.15, 0.2) is 20.0 Å². The highest BCUT2D eigenvalue weighted by atomic mass is 79.9. The van der Waals surface area contributed by atoms with Crippen LogP contribution in [0.5, 0.6) is 0 Å². The molecular weight excluding hydrogens is 645 g/mol. The number of rotatable bonds is 5. The first-order valence-electron chi connectivity index (χ1n) is 12.3. The fourth-order valence-electron chi connectivity index (χ4n) is 5.27. The molecule has 1 aromatic carbocycles. The van der Waals surface area contributed by atoms with E-state index in [0.717, 1.165) is 9.80 Å². The molecule has 2 saturated heterocycles. The molecule has 11 nitrogen and oxygen atoms in total.